The number of rotatable bonds is 7. The van der Waals surface area contributed by atoms with Gasteiger partial charge in [-0.1, -0.05) is 60.2 Å². The predicted molar refractivity (Wildman–Crippen MR) is 116 cm³/mol. The van der Waals surface area contributed by atoms with Crippen molar-refractivity contribution < 1.29 is 4.79 Å². The van der Waals surface area contributed by atoms with E-state index >= 15 is 0 Å². The first-order chi connectivity index (χ1) is 14.2. The summed E-state index contributed by atoms with van der Waals surface area (Å²) in [6.07, 6.45) is 5.47. The van der Waals surface area contributed by atoms with Crippen molar-refractivity contribution in [2.24, 2.45) is 5.92 Å². The first-order valence-corrected chi connectivity index (χ1v) is 10.4. The number of carbonyl (C=O) groups is 1. The Morgan fingerprint density at radius 1 is 1.14 bits per heavy atom. The molecule has 0 unspecified atom stereocenters. The number of aryl methyl sites for hydroxylation is 1. The van der Waals surface area contributed by atoms with Gasteiger partial charge in [-0.25, -0.2) is 0 Å². The molecule has 1 aliphatic heterocycles. The number of hydrogen-bond donors (Lipinski definition) is 1. The number of piperidine rings is 1. The van der Waals surface area contributed by atoms with Crippen LogP contribution in [0.5, 0.6) is 0 Å². The molecule has 150 valence electrons. The Labute approximate surface area is 173 Å². The Kier molecular flexibility index (Phi) is 7.47. The second-order valence-electron chi connectivity index (χ2n) is 7.79. The fourth-order valence-electron chi connectivity index (χ4n) is 3.86. The molecule has 1 amide bonds. The van der Waals surface area contributed by atoms with Crippen molar-refractivity contribution in [3.05, 3.63) is 83.1 Å². The highest BCUT2D eigenvalue weighted by Gasteiger charge is 2.25. The Balaban J connectivity index is 1.45. The van der Waals surface area contributed by atoms with Crippen LogP contribution in [0.4, 0.5) is 0 Å². The molecule has 1 fully saturated rings. The van der Waals surface area contributed by atoms with E-state index in [-0.39, 0.29) is 11.5 Å². The Bertz CT molecular complexity index is 874. The topological polar surface area (TPSA) is 56.1 Å². The minimum atomic E-state index is -0.159. The number of carbonyl (C=O) groups excluding carboxylic acids is 1. The lowest BCUT2D eigenvalue weighted by atomic mass is 9.90. The third kappa shape index (κ3) is 6.22. The molecule has 0 aliphatic carbocycles. The third-order valence-electron chi connectivity index (χ3n) is 5.51. The summed E-state index contributed by atoms with van der Waals surface area (Å²) in [6, 6.07) is 20.9. The van der Waals surface area contributed by atoms with Gasteiger partial charge in [-0.15, -0.1) is 0 Å². The maximum atomic E-state index is 12.7. The van der Waals surface area contributed by atoms with Gasteiger partial charge in [-0.3, -0.25) is 4.79 Å². The summed E-state index contributed by atoms with van der Waals surface area (Å²) in [5.74, 6) is 0.442. The van der Waals surface area contributed by atoms with Gasteiger partial charge in [-0.2, -0.15) is 5.26 Å². The van der Waals surface area contributed by atoms with Crippen molar-refractivity contribution in [1.82, 2.24) is 10.2 Å². The lowest BCUT2D eigenvalue weighted by Gasteiger charge is -2.32. The predicted octanol–water partition coefficient (Wildman–Crippen LogP) is 4.02. The van der Waals surface area contributed by atoms with Gasteiger partial charge in [-0.05, 0) is 49.7 Å². The normalized spacial score (nSPS) is 15.0. The molecule has 3 rings (SSSR count). The van der Waals surface area contributed by atoms with E-state index in [0.29, 0.717) is 12.5 Å². The summed E-state index contributed by atoms with van der Waals surface area (Å²) >= 11 is 0. The Morgan fingerprint density at radius 2 is 1.86 bits per heavy atom. The van der Waals surface area contributed by atoms with Crippen LogP contribution in [0.15, 0.2) is 66.4 Å². The van der Waals surface area contributed by atoms with Crippen molar-refractivity contribution in [3.63, 3.8) is 0 Å². The molecule has 1 heterocycles. The highest BCUT2D eigenvalue weighted by Crippen LogP contribution is 2.22. The van der Waals surface area contributed by atoms with Crippen molar-refractivity contribution in [1.29, 1.82) is 5.26 Å². The smallest absolute Gasteiger partial charge is 0.265 e. The molecule has 4 heteroatoms. The van der Waals surface area contributed by atoms with Crippen molar-refractivity contribution >= 4 is 5.91 Å². The molecular formula is C25H29N3O. The van der Waals surface area contributed by atoms with Crippen LogP contribution in [0, 0.1) is 24.2 Å². The molecule has 29 heavy (non-hydrogen) atoms. The number of benzene rings is 2. The van der Waals surface area contributed by atoms with E-state index in [1.54, 1.807) is 6.20 Å². The van der Waals surface area contributed by atoms with E-state index in [2.05, 4.69) is 60.8 Å². The number of amides is 1. The monoisotopic (exact) mass is 387 g/mol. The average molecular weight is 388 g/mol. The molecule has 1 saturated heterocycles. The summed E-state index contributed by atoms with van der Waals surface area (Å²) in [6.45, 7) is 4.21. The molecule has 1 aliphatic rings. The summed E-state index contributed by atoms with van der Waals surface area (Å²) in [4.78, 5) is 14.5. The zero-order chi connectivity index (χ0) is 20.5. The van der Waals surface area contributed by atoms with Crippen LogP contribution in [-0.4, -0.2) is 30.4 Å². The highest BCUT2D eigenvalue weighted by atomic mass is 16.2. The second kappa shape index (κ2) is 10.5. The SMILES string of the molecule is Cc1cccc(CCN/C=C(/C#N)C(=O)N2CCC(Cc3ccccc3)CC2)c1. The summed E-state index contributed by atoms with van der Waals surface area (Å²) in [5, 5.41) is 12.6. The van der Waals surface area contributed by atoms with Gasteiger partial charge in [0.2, 0.25) is 0 Å². The van der Waals surface area contributed by atoms with E-state index in [1.807, 2.05) is 17.0 Å². The molecule has 2 aromatic carbocycles. The molecule has 0 atom stereocenters. The standard InChI is InChI=1S/C25H29N3O/c1-20-6-5-9-22(16-20)10-13-27-19-24(18-26)25(29)28-14-11-23(12-15-28)17-21-7-3-2-4-8-21/h2-9,16,19,23,27H,10-15,17H2,1H3/b24-19-. The van der Waals surface area contributed by atoms with Crippen LogP contribution in [0.25, 0.3) is 0 Å². The zero-order valence-electron chi connectivity index (χ0n) is 17.1. The van der Waals surface area contributed by atoms with Crippen LogP contribution < -0.4 is 5.32 Å². The lowest BCUT2D eigenvalue weighted by Crippen LogP contribution is -2.39. The molecule has 0 aromatic heterocycles. The molecule has 0 radical (unpaired) electrons. The first-order valence-electron chi connectivity index (χ1n) is 10.4. The van der Waals surface area contributed by atoms with E-state index in [4.69, 9.17) is 0 Å². The van der Waals surface area contributed by atoms with Crippen LogP contribution in [-0.2, 0) is 17.6 Å². The highest BCUT2D eigenvalue weighted by molar-refractivity contribution is 5.97. The van der Waals surface area contributed by atoms with E-state index in [9.17, 15) is 10.1 Å². The van der Waals surface area contributed by atoms with Gasteiger partial charge in [0.15, 0.2) is 0 Å². The summed E-state index contributed by atoms with van der Waals surface area (Å²) in [5.41, 5.74) is 4.03. The maximum Gasteiger partial charge on any atom is 0.265 e. The second-order valence-corrected chi connectivity index (χ2v) is 7.79. The van der Waals surface area contributed by atoms with Crippen molar-refractivity contribution in [2.75, 3.05) is 19.6 Å². The van der Waals surface area contributed by atoms with E-state index in [1.165, 1.54) is 16.7 Å². The summed E-state index contributed by atoms with van der Waals surface area (Å²) in [7, 11) is 0. The maximum absolute atomic E-state index is 12.7. The molecule has 0 saturated carbocycles. The third-order valence-corrected chi connectivity index (χ3v) is 5.51. The molecule has 2 aromatic rings. The van der Waals surface area contributed by atoms with Crippen LogP contribution in [0.3, 0.4) is 0 Å². The van der Waals surface area contributed by atoms with Crippen LogP contribution in [0.1, 0.15) is 29.5 Å². The van der Waals surface area contributed by atoms with Crippen molar-refractivity contribution in [2.45, 2.75) is 32.6 Å². The van der Waals surface area contributed by atoms with Crippen LogP contribution in [0.2, 0.25) is 0 Å². The quantitative estimate of drug-likeness (QED) is 0.444. The molecular weight excluding hydrogens is 358 g/mol. The number of nitriles is 1. The van der Waals surface area contributed by atoms with Crippen molar-refractivity contribution in [3.8, 4) is 6.07 Å². The number of hydrogen-bond acceptors (Lipinski definition) is 3. The Hall–Kier alpha value is -3.06. The van der Waals surface area contributed by atoms with Crippen LogP contribution >= 0.6 is 0 Å². The molecule has 4 nitrogen and oxygen atoms in total. The van der Waals surface area contributed by atoms with E-state index < -0.39 is 0 Å². The van der Waals surface area contributed by atoms with Gasteiger partial charge in [0.05, 0.1) is 0 Å². The zero-order valence-corrected chi connectivity index (χ0v) is 17.1. The van der Waals surface area contributed by atoms with E-state index in [0.717, 1.165) is 38.8 Å². The van der Waals surface area contributed by atoms with Gasteiger partial charge in [0, 0.05) is 25.8 Å². The average Bonchev–Trinajstić information content (AvgIpc) is 2.75. The van der Waals surface area contributed by atoms with Gasteiger partial charge in [0.1, 0.15) is 11.6 Å². The molecule has 0 bridgehead atoms. The first kappa shape index (κ1) is 20.7. The lowest BCUT2D eigenvalue weighted by molar-refractivity contribution is -0.128. The van der Waals surface area contributed by atoms with Gasteiger partial charge < -0.3 is 10.2 Å². The van der Waals surface area contributed by atoms with Gasteiger partial charge >= 0.3 is 0 Å². The van der Waals surface area contributed by atoms with Gasteiger partial charge in [0.25, 0.3) is 5.91 Å². The molecule has 0 spiro atoms. The minimum Gasteiger partial charge on any atom is -0.389 e. The minimum absolute atomic E-state index is 0.159. The fraction of sp³-hybridized carbons (Fsp3) is 0.360. The number of nitrogens with one attached hydrogen (secondary N) is 1. The molecule has 1 N–H and O–H groups in total. The Morgan fingerprint density at radius 3 is 2.55 bits per heavy atom. The number of likely N-dealkylation sites (tertiary alicyclic amines) is 1. The fourth-order valence-corrected chi connectivity index (χ4v) is 3.86. The largest absolute Gasteiger partial charge is 0.389 e. The summed E-state index contributed by atoms with van der Waals surface area (Å²) < 4.78 is 0. The number of nitrogens with zero attached hydrogens (tertiary/aromatic N) is 2.